The second kappa shape index (κ2) is 19.2. The van der Waals surface area contributed by atoms with Gasteiger partial charge in [-0.3, -0.25) is 4.79 Å². The van der Waals surface area contributed by atoms with Crippen molar-refractivity contribution in [2.75, 3.05) is 32.0 Å². The largest absolute Gasteiger partial charge is 0.494 e. The number of carboxylic acids is 1. The van der Waals surface area contributed by atoms with E-state index in [1.165, 1.54) is 10.6 Å². The molecule has 0 radical (unpaired) electrons. The summed E-state index contributed by atoms with van der Waals surface area (Å²) < 4.78 is 5.47. The van der Waals surface area contributed by atoms with Gasteiger partial charge in [-0.1, -0.05) is 67.9 Å². The minimum absolute atomic E-state index is 0.0550. The highest BCUT2D eigenvalue weighted by Crippen LogP contribution is 2.39. The molecule has 0 aliphatic heterocycles. The number of aryl methyl sites for hydroxylation is 2. The molecule has 0 amide bonds. The van der Waals surface area contributed by atoms with E-state index in [0.29, 0.717) is 23.2 Å². The molecule has 9 heteroatoms. The van der Waals surface area contributed by atoms with Gasteiger partial charge in [-0.25, -0.2) is 5.84 Å². The fourth-order valence-electron chi connectivity index (χ4n) is 3.94. The molecule has 3 rings (SSSR count). The number of nitrogens with two attached hydrogens (primary N) is 2. The first-order valence-corrected chi connectivity index (χ1v) is 12.8. The van der Waals surface area contributed by atoms with E-state index in [4.69, 9.17) is 26.2 Å². The van der Waals surface area contributed by atoms with E-state index in [9.17, 15) is 9.90 Å². The molecule has 0 heterocycles. The Bertz CT molecular complexity index is 1150. The molecule has 3 aromatic rings. The number of anilines is 2. The molecule has 0 aliphatic rings. The maximum Gasteiger partial charge on any atom is 0.304 e. The molecule has 0 saturated heterocycles. The summed E-state index contributed by atoms with van der Waals surface area (Å²) >= 11 is 0. The number of aliphatic carboxylic acids is 1. The average molecular weight is 555 g/mol. The summed E-state index contributed by atoms with van der Waals surface area (Å²) in [6.45, 7) is 11.1. The van der Waals surface area contributed by atoms with Crippen LogP contribution in [0.2, 0.25) is 0 Å². The molecule has 0 fully saturated rings. The van der Waals surface area contributed by atoms with E-state index < -0.39 is 5.97 Å². The number of carboxylic acid groups (broad SMARTS) is 1. The molecule has 0 aromatic heterocycles. The summed E-state index contributed by atoms with van der Waals surface area (Å²) in [6.07, 6.45) is -0.0550. The van der Waals surface area contributed by atoms with Crippen molar-refractivity contribution in [3.63, 3.8) is 0 Å². The van der Waals surface area contributed by atoms with Gasteiger partial charge in [0.05, 0.1) is 19.2 Å². The van der Waals surface area contributed by atoms with E-state index in [1.54, 1.807) is 20.2 Å². The van der Waals surface area contributed by atoms with Crippen LogP contribution in [0.25, 0.3) is 0 Å². The highest BCUT2D eigenvalue weighted by atomic mass is 16.5. The van der Waals surface area contributed by atoms with Gasteiger partial charge in [-0.05, 0) is 48.2 Å². The summed E-state index contributed by atoms with van der Waals surface area (Å²) in [4.78, 5) is 19.6. The maximum absolute atomic E-state index is 11.6. The molecule has 40 heavy (non-hydrogen) atoms. The maximum atomic E-state index is 11.6. The molecule has 0 bridgehead atoms. The number of nitrogen functional groups attached to an aromatic ring is 1. The Hall–Kier alpha value is -3.92. The lowest BCUT2D eigenvalue weighted by Gasteiger charge is -2.23. The van der Waals surface area contributed by atoms with Crippen LogP contribution in [0, 0.1) is 13.8 Å². The number of carbonyl (C=O) groups excluding carboxylic acids is 1. The predicted molar refractivity (Wildman–Crippen MR) is 164 cm³/mol. The van der Waals surface area contributed by atoms with Crippen molar-refractivity contribution < 1.29 is 24.5 Å². The number of methoxy groups -OCH3 is 1. The lowest BCUT2D eigenvalue weighted by Crippen LogP contribution is -2.26. The summed E-state index contributed by atoms with van der Waals surface area (Å²) in [7, 11) is 4.22. The first kappa shape index (κ1) is 36.1. The summed E-state index contributed by atoms with van der Waals surface area (Å²) in [5, 5.41) is 21.4. The van der Waals surface area contributed by atoms with Gasteiger partial charge in [0.25, 0.3) is 0 Å². The Morgan fingerprint density at radius 3 is 2.08 bits per heavy atom. The third-order valence-corrected chi connectivity index (χ3v) is 5.90. The number of nitrogens with zero attached hydrogens (tertiary/aromatic N) is 1. The molecule has 220 valence electrons. The number of rotatable bonds is 9. The summed E-state index contributed by atoms with van der Waals surface area (Å²) in [6, 6.07) is 20.3. The quantitative estimate of drug-likeness (QED) is 0.147. The number of benzene rings is 3. The predicted octanol–water partition coefficient (Wildman–Crippen LogP) is 4.42. The molecule has 9 nitrogen and oxygen atoms in total. The third kappa shape index (κ3) is 11.9. The number of aliphatic hydroxyl groups excluding tert-OH is 1. The highest BCUT2D eigenvalue weighted by Gasteiger charge is 2.22. The average Bonchev–Trinajstić information content (AvgIpc) is 2.93. The van der Waals surface area contributed by atoms with Crippen molar-refractivity contribution in [3.8, 4) is 5.75 Å². The van der Waals surface area contributed by atoms with Crippen LogP contribution in [0.15, 0.2) is 60.7 Å². The Balaban J connectivity index is 0.00000117. The standard InChI is InChI=1S/C22H32N4O3.C7H8.CH4O.CH2O/c1-13(2)25-12-17-8-15(7-6-14(17)3)18(11-21(27)28)16-9-19(23)22(26(4)24)20(10-16)29-5;1-7-5-3-2-4-6-7;2*1-2/h6-10,13,18,25H,11-12,23-24H2,1-5H3,(H,27,28);2-6H,1H3;2H,1H3;1H2. The van der Waals surface area contributed by atoms with Crippen molar-refractivity contribution in [2.24, 2.45) is 5.84 Å². The highest BCUT2D eigenvalue weighted by molar-refractivity contribution is 5.76. The summed E-state index contributed by atoms with van der Waals surface area (Å²) in [5.41, 5.74) is 12.6. The SMILES string of the molecule is C=O.CO.COc1cc(C(CC(=O)O)c2ccc(C)c(CNC(C)C)c2)cc(N)c1N(C)N.Cc1ccccc1. The van der Waals surface area contributed by atoms with Gasteiger partial charge in [0.1, 0.15) is 18.2 Å². The Morgan fingerprint density at radius 1 is 1.02 bits per heavy atom. The van der Waals surface area contributed by atoms with Crippen molar-refractivity contribution in [1.29, 1.82) is 0 Å². The van der Waals surface area contributed by atoms with Crippen molar-refractivity contribution in [3.05, 3.63) is 88.5 Å². The number of hydrazine groups is 1. The zero-order chi connectivity index (χ0) is 30.8. The van der Waals surface area contributed by atoms with Crippen LogP contribution >= 0.6 is 0 Å². The van der Waals surface area contributed by atoms with Gasteiger partial charge in [-0.15, -0.1) is 0 Å². The van der Waals surface area contributed by atoms with Crippen LogP contribution in [-0.2, 0) is 16.1 Å². The fraction of sp³-hybridized carbons (Fsp3) is 0.355. The first-order chi connectivity index (χ1) is 19.0. The number of hydrogen-bond acceptors (Lipinski definition) is 8. The van der Waals surface area contributed by atoms with Gasteiger partial charge in [-0.2, -0.15) is 0 Å². The van der Waals surface area contributed by atoms with Gasteiger partial charge in [0.2, 0.25) is 0 Å². The molecular formula is C31H46N4O5. The Kier molecular flexibility index (Phi) is 17.3. The Morgan fingerprint density at radius 2 is 1.62 bits per heavy atom. The Labute approximate surface area is 238 Å². The molecular weight excluding hydrogens is 508 g/mol. The molecule has 3 aromatic carbocycles. The molecule has 0 saturated carbocycles. The van der Waals surface area contributed by atoms with Crippen molar-refractivity contribution >= 4 is 24.1 Å². The molecule has 1 atom stereocenters. The van der Waals surface area contributed by atoms with Crippen LogP contribution in [0.1, 0.15) is 54.0 Å². The fourth-order valence-corrected chi connectivity index (χ4v) is 3.94. The van der Waals surface area contributed by atoms with Crippen molar-refractivity contribution in [2.45, 2.75) is 52.6 Å². The van der Waals surface area contributed by atoms with Crippen LogP contribution in [0.3, 0.4) is 0 Å². The van der Waals surface area contributed by atoms with Crippen LogP contribution in [-0.4, -0.2) is 50.3 Å². The number of nitrogens with one attached hydrogen (secondary N) is 1. The van der Waals surface area contributed by atoms with Crippen LogP contribution in [0.4, 0.5) is 11.4 Å². The van der Waals surface area contributed by atoms with Gasteiger partial charge in [0.15, 0.2) is 0 Å². The zero-order valence-corrected chi connectivity index (χ0v) is 24.8. The number of ether oxygens (including phenoxy) is 1. The molecule has 0 spiro atoms. The van der Waals surface area contributed by atoms with E-state index in [0.717, 1.165) is 35.9 Å². The normalized spacial score (nSPS) is 10.6. The lowest BCUT2D eigenvalue weighted by molar-refractivity contribution is -0.137. The van der Waals surface area contributed by atoms with Crippen LogP contribution < -0.4 is 26.6 Å². The van der Waals surface area contributed by atoms with E-state index in [-0.39, 0.29) is 12.3 Å². The second-order valence-electron chi connectivity index (χ2n) is 9.30. The zero-order valence-electron chi connectivity index (χ0n) is 24.8. The van der Waals surface area contributed by atoms with Crippen LogP contribution in [0.5, 0.6) is 5.75 Å². The van der Waals surface area contributed by atoms with E-state index >= 15 is 0 Å². The number of carbonyl (C=O) groups is 2. The number of aliphatic hydroxyl groups is 1. The van der Waals surface area contributed by atoms with Gasteiger partial charge < -0.3 is 35.8 Å². The minimum Gasteiger partial charge on any atom is -0.494 e. The number of hydrogen-bond donors (Lipinski definition) is 5. The van der Waals surface area contributed by atoms with E-state index in [1.807, 2.05) is 43.2 Å². The minimum atomic E-state index is -0.880. The molecule has 1 unspecified atom stereocenters. The van der Waals surface area contributed by atoms with Gasteiger partial charge >= 0.3 is 5.97 Å². The monoisotopic (exact) mass is 554 g/mol. The molecule has 7 N–H and O–H groups in total. The second-order valence-corrected chi connectivity index (χ2v) is 9.30. The lowest BCUT2D eigenvalue weighted by atomic mass is 9.86. The summed E-state index contributed by atoms with van der Waals surface area (Å²) in [5.74, 6) is 5.14. The first-order valence-electron chi connectivity index (χ1n) is 12.8. The molecule has 0 aliphatic carbocycles. The van der Waals surface area contributed by atoms with E-state index in [2.05, 4.69) is 51.2 Å². The topological polar surface area (TPSA) is 151 Å². The van der Waals surface area contributed by atoms with Crippen molar-refractivity contribution in [1.82, 2.24) is 5.32 Å². The van der Waals surface area contributed by atoms with Gasteiger partial charge in [0, 0.05) is 32.7 Å². The third-order valence-electron chi connectivity index (χ3n) is 5.90. The smallest absolute Gasteiger partial charge is 0.304 e.